The van der Waals surface area contributed by atoms with Crippen LogP contribution in [0.15, 0.2) is 0 Å². The van der Waals surface area contributed by atoms with E-state index in [9.17, 15) is 8.42 Å². The highest BCUT2D eigenvalue weighted by atomic mass is 35.5. The zero-order chi connectivity index (χ0) is 11.3. The first-order valence-electron chi connectivity index (χ1n) is 5.13. The third kappa shape index (κ3) is 3.90. The first-order valence-corrected chi connectivity index (χ1v) is 7.27. The molecule has 0 aliphatic carbocycles. The molecule has 1 unspecified atom stereocenters. The van der Waals surface area contributed by atoms with E-state index in [1.165, 1.54) is 0 Å². The smallest absolute Gasteiger partial charge is 0.214 e. The maximum Gasteiger partial charge on any atom is 0.214 e. The van der Waals surface area contributed by atoms with Crippen LogP contribution in [-0.2, 0) is 14.8 Å². The lowest BCUT2D eigenvalue weighted by atomic mass is 10.2. The Balaban J connectivity index is 2.41. The summed E-state index contributed by atoms with van der Waals surface area (Å²) in [6.07, 6.45) is 1.44. The van der Waals surface area contributed by atoms with Crippen LogP contribution in [0.25, 0.3) is 0 Å². The van der Waals surface area contributed by atoms with Crippen molar-refractivity contribution in [3.8, 4) is 0 Å². The number of nitrogens with zero attached hydrogens (tertiary/aromatic N) is 1. The van der Waals surface area contributed by atoms with Crippen molar-refractivity contribution >= 4 is 21.6 Å². The van der Waals surface area contributed by atoms with Crippen molar-refractivity contribution < 1.29 is 13.2 Å². The van der Waals surface area contributed by atoms with Gasteiger partial charge in [-0.15, -0.1) is 11.6 Å². The average molecular weight is 256 g/mol. The summed E-state index contributed by atoms with van der Waals surface area (Å²) in [5, 5.41) is 0. The molecule has 0 saturated carbocycles. The molecule has 1 saturated heterocycles. The summed E-state index contributed by atoms with van der Waals surface area (Å²) in [7, 11) is -1.51. The largest absolute Gasteiger partial charge is 0.385 e. The van der Waals surface area contributed by atoms with Crippen LogP contribution in [0.1, 0.15) is 12.8 Å². The van der Waals surface area contributed by atoms with Gasteiger partial charge in [-0.3, -0.25) is 0 Å². The molecular formula is C9H18ClNO3S. The van der Waals surface area contributed by atoms with Crippen LogP contribution < -0.4 is 0 Å². The van der Waals surface area contributed by atoms with Gasteiger partial charge in [-0.05, 0) is 18.8 Å². The zero-order valence-electron chi connectivity index (χ0n) is 8.99. The number of methoxy groups -OCH3 is 1. The van der Waals surface area contributed by atoms with Crippen molar-refractivity contribution in [1.82, 2.24) is 4.31 Å². The van der Waals surface area contributed by atoms with Crippen molar-refractivity contribution in [1.29, 1.82) is 0 Å². The molecule has 15 heavy (non-hydrogen) atoms. The highest BCUT2D eigenvalue weighted by molar-refractivity contribution is 7.89. The fourth-order valence-electron chi connectivity index (χ4n) is 1.69. The van der Waals surface area contributed by atoms with Crippen LogP contribution in [0, 0.1) is 5.92 Å². The third-order valence-corrected chi connectivity index (χ3v) is 4.97. The summed E-state index contributed by atoms with van der Waals surface area (Å²) in [6, 6.07) is 0. The second kappa shape index (κ2) is 6.03. The third-order valence-electron chi connectivity index (χ3n) is 2.61. The van der Waals surface area contributed by atoms with E-state index in [1.54, 1.807) is 11.4 Å². The number of rotatable bonds is 6. The number of ether oxygens (including phenoxy) is 1. The lowest BCUT2D eigenvalue weighted by Gasteiger charge is -2.15. The van der Waals surface area contributed by atoms with Crippen LogP contribution in [-0.4, -0.2) is 51.2 Å². The topological polar surface area (TPSA) is 46.6 Å². The molecular weight excluding hydrogens is 238 g/mol. The van der Waals surface area contributed by atoms with Gasteiger partial charge in [0.2, 0.25) is 10.0 Å². The molecule has 1 heterocycles. The van der Waals surface area contributed by atoms with E-state index < -0.39 is 10.0 Å². The Morgan fingerprint density at radius 2 is 2.27 bits per heavy atom. The van der Waals surface area contributed by atoms with Gasteiger partial charge in [-0.25, -0.2) is 12.7 Å². The second-order valence-electron chi connectivity index (χ2n) is 3.83. The Kier molecular flexibility index (Phi) is 5.32. The van der Waals surface area contributed by atoms with Gasteiger partial charge in [-0.2, -0.15) is 0 Å². The lowest BCUT2D eigenvalue weighted by Crippen LogP contribution is -2.31. The molecule has 0 N–H and O–H groups in total. The number of hydrogen-bond acceptors (Lipinski definition) is 3. The van der Waals surface area contributed by atoms with Crippen LogP contribution in [0.2, 0.25) is 0 Å². The van der Waals surface area contributed by atoms with Crippen molar-refractivity contribution in [3.05, 3.63) is 0 Å². The first-order chi connectivity index (χ1) is 7.10. The monoisotopic (exact) mass is 255 g/mol. The van der Waals surface area contributed by atoms with Crippen LogP contribution in [0.4, 0.5) is 0 Å². The molecule has 0 radical (unpaired) electrons. The maximum absolute atomic E-state index is 11.8. The number of alkyl halides is 1. The highest BCUT2D eigenvalue weighted by Gasteiger charge is 2.30. The molecule has 1 aliphatic heterocycles. The SMILES string of the molecule is COCCCS(=O)(=O)N1CCC(CCl)C1. The van der Waals surface area contributed by atoms with E-state index in [0.29, 0.717) is 37.9 Å². The van der Waals surface area contributed by atoms with Gasteiger partial charge >= 0.3 is 0 Å². The Hall–Kier alpha value is 0.160. The Bertz CT molecular complexity index is 281. The van der Waals surface area contributed by atoms with Crippen molar-refractivity contribution in [2.45, 2.75) is 12.8 Å². The van der Waals surface area contributed by atoms with Crippen LogP contribution in [0.3, 0.4) is 0 Å². The zero-order valence-corrected chi connectivity index (χ0v) is 10.6. The summed E-state index contributed by atoms with van der Waals surface area (Å²) in [5.41, 5.74) is 0. The number of sulfonamides is 1. The summed E-state index contributed by atoms with van der Waals surface area (Å²) in [4.78, 5) is 0. The van der Waals surface area contributed by atoms with Crippen LogP contribution in [0.5, 0.6) is 0 Å². The summed E-state index contributed by atoms with van der Waals surface area (Å²) in [6.45, 7) is 1.69. The van der Waals surface area contributed by atoms with Gasteiger partial charge in [0, 0.05) is 32.7 Å². The average Bonchev–Trinajstić information content (AvgIpc) is 2.66. The molecule has 1 aliphatic rings. The fourth-order valence-corrected chi connectivity index (χ4v) is 3.50. The van der Waals surface area contributed by atoms with E-state index in [-0.39, 0.29) is 5.75 Å². The van der Waals surface area contributed by atoms with Crippen LogP contribution >= 0.6 is 11.6 Å². The maximum atomic E-state index is 11.8. The molecule has 0 aromatic carbocycles. The molecule has 0 aromatic heterocycles. The minimum absolute atomic E-state index is 0.176. The molecule has 0 amide bonds. The molecule has 4 nitrogen and oxygen atoms in total. The van der Waals surface area contributed by atoms with Gasteiger partial charge in [0.1, 0.15) is 0 Å². The van der Waals surface area contributed by atoms with Gasteiger partial charge in [-0.1, -0.05) is 0 Å². The van der Waals surface area contributed by atoms with Crippen molar-refractivity contribution in [2.75, 3.05) is 38.4 Å². The van der Waals surface area contributed by atoms with Gasteiger partial charge in [0.25, 0.3) is 0 Å². The predicted molar refractivity (Wildman–Crippen MR) is 60.7 cm³/mol. The summed E-state index contributed by atoms with van der Waals surface area (Å²) < 4.78 is 30.0. The lowest BCUT2D eigenvalue weighted by molar-refractivity contribution is 0.199. The molecule has 0 spiro atoms. The molecule has 1 atom stereocenters. The molecule has 90 valence electrons. The quantitative estimate of drug-likeness (QED) is 0.524. The van der Waals surface area contributed by atoms with E-state index in [0.717, 1.165) is 6.42 Å². The predicted octanol–water partition coefficient (Wildman–Crippen LogP) is 0.913. The van der Waals surface area contributed by atoms with Gasteiger partial charge in [0.15, 0.2) is 0 Å². The molecule has 1 fully saturated rings. The van der Waals surface area contributed by atoms with Crippen molar-refractivity contribution in [3.63, 3.8) is 0 Å². The molecule has 0 bridgehead atoms. The normalized spacial score (nSPS) is 23.5. The van der Waals surface area contributed by atoms with E-state index in [2.05, 4.69) is 0 Å². The second-order valence-corrected chi connectivity index (χ2v) is 6.23. The fraction of sp³-hybridized carbons (Fsp3) is 1.00. The standard InChI is InChI=1S/C9H18ClNO3S/c1-14-5-2-6-15(12,13)11-4-3-9(7-10)8-11/h9H,2-8H2,1H3. The molecule has 0 aromatic rings. The van der Waals surface area contributed by atoms with E-state index in [4.69, 9.17) is 16.3 Å². The van der Waals surface area contributed by atoms with E-state index in [1.807, 2.05) is 0 Å². The van der Waals surface area contributed by atoms with Crippen molar-refractivity contribution in [2.24, 2.45) is 5.92 Å². The molecule has 1 rings (SSSR count). The Morgan fingerprint density at radius 1 is 1.53 bits per heavy atom. The van der Waals surface area contributed by atoms with Gasteiger partial charge in [0.05, 0.1) is 5.75 Å². The minimum atomic E-state index is -3.08. The summed E-state index contributed by atoms with van der Waals surface area (Å²) in [5.74, 6) is 1.05. The van der Waals surface area contributed by atoms with Gasteiger partial charge < -0.3 is 4.74 Å². The van der Waals surface area contributed by atoms with E-state index >= 15 is 0 Å². The minimum Gasteiger partial charge on any atom is -0.385 e. The number of hydrogen-bond donors (Lipinski definition) is 0. The number of halogens is 1. The molecule has 6 heteroatoms. The highest BCUT2D eigenvalue weighted by Crippen LogP contribution is 2.20. The Labute approximate surface area is 96.6 Å². The first kappa shape index (κ1) is 13.2. The summed E-state index contributed by atoms with van der Waals surface area (Å²) >= 11 is 5.71. The Morgan fingerprint density at radius 3 is 2.80 bits per heavy atom.